The highest BCUT2D eigenvalue weighted by atomic mass is 16.5. The second-order valence-corrected chi connectivity index (χ2v) is 3.78. The van der Waals surface area contributed by atoms with Gasteiger partial charge >= 0.3 is 0 Å². The standard InChI is InChI=1S/C10H14N4O3/c11-9(15)7-14-10(16)5-8(6-12-14)13-1-3-17-4-2-13/h5-6H,1-4,7H2,(H2,11,15). The quantitative estimate of drug-likeness (QED) is 0.697. The normalized spacial score (nSPS) is 15.9. The Kier molecular flexibility index (Phi) is 3.38. The predicted octanol–water partition coefficient (Wildman–Crippen LogP) is -1.43. The van der Waals surface area contributed by atoms with Gasteiger partial charge in [-0.25, -0.2) is 4.68 Å². The Labute approximate surface area is 97.8 Å². The Morgan fingerprint density at radius 3 is 2.76 bits per heavy atom. The minimum absolute atomic E-state index is 0.192. The number of aromatic nitrogens is 2. The summed E-state index contributed by atoms with van der Waals surface area (Å²) in [4.78, 5) is 24.4. The van der Waals surface area contributed by atoms with Crippen LogP contribution in [-0.2, 0) is 16.1 Å². The number of hydrogen-bond acceptors (Lipinski definition) is 5. The number of nitrogens with zero attached hydrogens (tertiary/aromatic N) is 3. The van der Waals surface area contributed by atoms with Crippen LogP contribution in [0.4, 0.5) is 5.69 Å². The molecule has 0 atom stereocenters. The molecule has 1 aromatic rings. The van der Waals surface area contributed by atoms with E-state index < -0.39 is 5.91 Å². The van der Waals surface area contributed by atoms with Gasteiger partial charge in [-0.2, -0.15) is 5.10 Å². The van der Waals surface area contributed by atoms with E-state index in [2.05, 4.69) is 5.10 Å². The fourth-order valence-corrected chi connectivity index (χ4v) is 1.68. The van der Waals surface area contributed by atoms with Gasteiger partial charge in [0.25, 0.3) is 5.56 Å². The molecule has 7 nitrogen and oxygen atoms in total. The maximum atomic E-state index is 11.7. The van der Waals surface area contributed by atoms with Crippen molar-refractivity contribution in [3.05, 3.63) is 22.6 Å². The van der Waals surface area contributed by atoms with Gasteiger partial charge in [-0.3, -0.25) is 9.59 Å². The van der Waals surface area contributed by atoms with E-state index in [0.717, 1.165) is 23.5 Å². The minimum atomic E-state index is -0.585. The molecule has 0 unspecified atom stereocenters. The lowest BCUT2D eigenvalue weighted by Gasteiger charge is -2.28. The van der Waals surface area contributed by atoms with Crippen molar-refractivity contribution in [2.75, 3.05) is 31.2 Å². The topological polar surface area (TPSA) is 90.5 Å². The van der Waals surface area contributed by atoms with Crippen LogP contribution in [0.25, 0.3) is 0 Å². The fourth-order valence-electron chi connectivity index (χ4n) is 1.68. The van der Waals surface area contributed by atoms with Crippen LogP contribution in [0.2, 0.25) is 0 Å². The summed E-state index contributed by atoms with van der Waals surface area (Å²) in [7, 11) is 0. The third-order valence-electron chi connectivity index (χ3n) is 2.54. The number of rotatable bonds is 3. The SMILES string of the molecule is NC(=O)Cn1ncc(N2CCOCC2)cc1=O. The molecule has 7 heteroatoms. The van der Waals surface area contributed by atoms with Crippen molar-refractivity contribution in [2.24, 2.45) is 5.73 Å². The van der Waals surface area contributed by atoms with Crippen LogP contribution >= 0.6 is 0 Å². The zero-order chi connectivity index (χ0) is 12.3. The minimum Gasteiger partial charge on any atom is -0.378 e. The molecule has 1 fully saturated rings. The van der Waals surface area contributed by atoms with Gasteiger partial charge in [0.15, 0.2) is 0 Å². The molecule has 1 amide bonds. The molecule has 0 saturated carbocycles. The number of amides is 1. The first-order valence-electron chi connectivity index (χ1n) is 5.35. The monoisotopic (exact) mass is 238 g/mol. The van der Waals surface area contributed by atoms with Gasteiger partial charge in [-0.15, -0.1) is 0 Å². The maximum absolute atomic E-state index is 11.7. The van der Waals surface area contributed by atoms with Crippen LogP contribution in [-0.4, -0.2) is 42.0 Å². The summed E-state index contributed by atoms with van der Waals surface area (Å²) >= 11 is 0. The Bertz CT molecular complexity index is 465. The van der Waals surface area contributed by atoms with Crippen LogP contribution in [0.1, 0.15) is 0 Å². The number of ether oxygens (including phenoxy) is 1. The van der Waals surface area contributed by atoms with Gasteiger partial charge in [0.05, 0.1) is 25.1 Å². The van der Waals surface area contributed by atoms with E-state index in [1.807, 2.05) is 4.90 Å². The molecule has 0 radical (unpaired) electrons. The van der Waals surface area contributed by atoms with Crippen molar-refractivity contribution in [2.45, 2.75) is 6.54 Å². The Morgan fingerprint density at radius 1 is 1.47 bits per heavy atom. The molecule has 0 aromatic carbocycles. The summed E-state index contributed by atoms with van der Waals surface area (Å²) in [6.45, 7) is 2.57. The van der Waals surface area contributed by atoms with Crippen molar-refractivity contribution in [3.8, 4) is 0 Å². The van der Waals surface area contributed by atoms with Gasteiger partial charge < -0.3 is 15.4 Å². The largest absolute Gasteiger partial charge is 0.378 e. The molecule has 92 valence electrons. The molecule has 1 aliphatic heterocycles. The van der Waals surface area contributed by atoms with Gasteiger partial charge in [-0.1, -0.05) is 0 Å². The first kappa shape index (κ1) is 11.6. The van der Waals surface area contributed by atoms with Crippen LogP contribution in [0.15, 0.2) is 17.1 Å². The number of nitrogens with two attached hydrogens (primary N) is 1. The molecule has 2 rings (SSSR count). The highest BCUT2D eigenvalue weighted by Gasteiger charge is 2.12. The molecule has 2 heterocycles. The average molecular weight is 238 g/mol. The summed E-state index contributed by atoms with van der Waals surface area (Å²) in [6, 6.07) is 1.46. The first-order valence-corrected chi connectivity index (χ1v) is 5.35. The number of morpholine rings is 1. The van der Waals surface area contributed by atoms with Crippen LogP contribution in [0.5, 0.6) is 0 Å². The molecule has 2 N–H and O–H groups in total. The molecule has 0 bridgehead atoms. The summed E-state index contributed by atoms with van der Waals surface area (Å²) in [5, 5.41) is 3.91. The number of primary amides is 1. The van der Waals surface area contributed by atoms with Gasteiger partial charge in [0.2, 0.25) is 5.91 Å². The van der Waals surface area contributed by atoms with E-state index in [9.17, 15) is 9.59 Å². The lowest BCUT2D eigenvalue weighted by molar-refractivity contribution is -0.118. The summed E-state index contributed by atoms with van der Waals surface area (Å²) in [6.07, 6.45) is 1.57. The van der Waals surface area contributed by atoms with Crippen molar-refractivity contribution in [1.29, 1.82) is 0 Å². The average Bonchev–Trinajstić information content (AvgIpc) is 2.32. The second kappa shape index (κ2) is 4.96. The summed E-state index contributed by atoms with van der Waals surface area (Å²) in [5.41, 5.74) is 5.43. The fraction of sp³-hybridized carbons (Fsp3) is 0.500. The number of hydrogen-bond donors (Lipinski definition) is 1. The van der Waals surface area contributed by atoms with Gasteiger partial charge in [0.1, 0.15) is 6.54 Å². The Hall–Kier alpha value is -1.89. The van der Waals surface area contributed by atoms with E-state index in [1.54, 1.807) is 6.20 Å². The lowest BCUT2D eigenvalue weighted by Crippen LogP contribution is -2.38. The third kappa shape index (κ3) is 2.82. The zero-order valence-corrected chi connectivity index (χ0v) is 9.33. The smallest absolute Gasteiger partial charge is 0.269 e. The second-order valence-electron chi connectivity index (χ2n) is 3.78. The van der Waals surface area contributed by atoms with Crippen LogP contribution < -0.4 is 16.2 Å². The molecule has 0 aliphatic carbocycles. The van der Waals surface area contributed by atoms with Gasteiger partial charge in [-0.05, 0) is 0 Å². The number of carbonyl (C=O) groups is 1. The molecule has 0 spiro atoms. The summed E-state index contributed by atoms with van der Waals surface area (Å²) < 4.78 is 6.27. The Balaban J connectivity index is 2.18. The Morgan fingerprint density at radius 2 is 2.18 bits per heavy atom. The first-order chi connectivity index (χ1) is 8.16. The van der Waals surface area contributed by atoms with Crippen LogP contribution in [0.3, 0.4) is 0 Å². The molecular weight excluding hydrogens is 224 g/mol. The van der Waals surface area contributed by atoms with Crippen LogP contribution in [0, 0.1) is 0 Å². The van der Waals surface area contributed by atoms with Crippen molar-refractivity contribution < 1.29 is 9.53 Å². The third-order valence-corrected chi connectivity index (χ3v) is 2.54. The van der Waals surface area contributed by atoms with E-state index in [1.165, 1.54) is 6.07 Å². The number of anilines is 1. The maximum Gasteiger partial charge on any atom is 0.269 e. The highest BCUT2D eigenvalue weighted by Crippen LogP contribution is 2.11. The molecule has 17 heavy (non-hydrogen) atoms. The molecule has 1 aromatic heterocycles. The van der Waals surface area contributed by atoms with E-state index in [0.29, 0.717) is 13.2 Å². The zero-order valence-electron chi connectivity index (χ0n) is 9.33. The van der Waals surface area contributed by atoms with Crippen molar-refractivity contribution in [3.63, 3.8) is 0 Å². The number of carbonyl (C=O) groups excluding carboxylic acids is 1. The molecular formula is C10H14N4O3. The molecule has 1 aliphatic rings. The van der Waals surface area contributed by atoms with Crippen molar-refractivity contribution >= 4 is 11.6 Å². The van der Waals surface area contributed by atoms with E-state index in [4.69, 9.17) is 10.5 Å². The van der Waals surface area contributed by atoms with Crippen molar-refractivity contribution in [1.82, 2.24) is 9.78 Å². The lowest BCUT2D eigenvalue weighted by atomic mass is 10.3. The summed E-state index contributed by atoms with van der Waals surface area (Å²) in [5.74, 6) is -0.585. The molecule has 1 saturated heterocycles. The van der Waals surface area contributed by atoms with E-state index >= 15 is 0 Å². The van der Waals surface area contributed by atoms with Gasteiger partial charge in [0, 0.05) is 19.2 Å². The van der Waals surface area contributed by atoms with E-state index in [-0.39, 0.29) is 12.1 Å². The highest BCUT2D eigenvalue weighted by molar-refractivity contribution is 5.73. The predicted molar refractivity (Wildman–Crippen MR) is 60.7 cm³/mol.